The maximum Gasteiger partial charge on any atom is 0.265 e. The zero-order valence-electron chi connectivity index (χ0n) is 15.2. The van der Waals surface area contributed by atoms with Crippen molar-refractivity contribution in [3.8, 4) is 5.75 Å². The molecule has 0 unspecified atom stereocenters. The summed E-state index contributed by atoms with van der Waals surface area (Å²) in [6.07, 6.45) is 1.38. The van der Waals surface area contributed by atoms with Gasteiger partial charge in [0.2, 0.25) is 0 Å². The summed E-state index contributed by atoms with van der Waals surface area (Å²) in [5.74, 6) is 0.327. The summed E-state index contributed by atoms with van der Waals surface area (Å²) in [5, 5.41) is 2.84. The second kappa shape index (κ2) is 8.04. The number of ether oxygens (including phenoxy) is 1. The molecule has 136 valence electrons. The maximum absolute atomic E-state index is 12.7. The van der Waals surface area contributed by atoms with E-state index >= 15 is 0 Å². The number of anilines is 1. The Morgan fingerprint density at radius 2 is 1.81 bits per heavy atom. The van der Waals surface area contributed by atoms with E-state index in [0.29, 0.717) is 17.0 Å². The van der Waals surface area contributed by atoms with Crippen LogP contribution in [0.25, 0.3) is 0 Å². The van der Waals surface area contributed by atoms with Crippen LogP contribution < -0.4 is 10.1 Å². The fourth-order valence-corrected chi connectivity index (χ4v) is 3.05. The fraction of sp³-hybridized carbons (Fsp3) is 0.333. The molecule has 0 radical (unpaired) electrons. The van der Waals surface area contributed by atoms with Gasteiger partial charge in [0.25, 0.3) is 11.8 Å². The Kier molecular flexibility index (Phi) is 5.56. The number of nitrogens with one attached hydrogen (secondary N) is 1. The van der Waals surface area contributed by atoms with E-state index < -0.39 is 6.10 Å². The molecule has 5 heteroatoms. The Morgan fingerprint density at radius 3 is 2.54 bits per heavy atom. The highest BCUT2D eigenvalue weighted by molar-refractivity contribution is 6.04. The molecule has 2 amide bonds. The lowest BCUT2D eigenvalue weighted by molar-refractivity contribution is -0.122. The van der Waals surface area contributed by atoms with E-state index in [1.165, 1.54) is 0 Å². The first-order valence-corrected chi connectivity index (χ1v) is 8.97. The third kappa shape index (κ3) is 4.23. The maximum atomic E-state index is 12.7. The zero-order chi connectivity index (χ0) is 18.5. The van der Waals surface area contributed by atoms with Gasteiger partial charge in [-0.25, -0.2) is 0 Å². The number of benzene rings is 2. The van der Waals surface area contributed by atoms with Gasteiger partial charge in [0.15, 0.2) is 6.10 Å². The van der Waals surface area contributed by atoms with Crippen LogP contribution in [0.5, 0.6) is 5.75 Å². The molecule has 26 heavy (non-hydrogen) atoms. The van der Waals surface area contributed by atoms with Gasteiger partial charge in [-0.1, -0.05) is 24.3 Å². The molecule has 0 spiro atoms. The smallest absolute Gasteiger partial charge is 0.265 e. The first-order chi connectivity index (χ1) is 12.5. The molecule has 0 bridgehead atoms. The van der Waals surface area contributed by atoms with Gasteiger partial charge in [-0.2, -0.15) is 0 Å². The van der Waals surface area contributed by atoms with Crippen LogP contribution in [-0.4, -0.2) is 35.9 Å². The van der Waals surface area contributed by atoms with Crippen molar-refractivity contribution in [2.24, 2.45) is 0 Å². The lowest BCUT2D eigenvalue weighted by Gasteiger charge is -2.19. The number of hydrogen-bond donors (Lipinski definition) is 1. The van der Waals surface area contributed by atoms with Gasteiger partial charge in [0.05, 0.1) is 11.3 Å². The van der Waals surface area contributed by atoms with Crippen molar-refractivity contribution >= 4 is 17.5 Å². The van der Waals surface area contributed by atoms with Gasteiger partial charge in [0.1, 0.15) is 5.75 Å². The number of para-hydroxylation sites is 1. The van der Waals surface area contributed by atoms with Gasteiger partial charge >= 0.3 is 0 Å². The van der Waals surface area contributed by atoms with Crippen molar-refractivity contribution < 1.29 is 14.3 Å². The van der Waals surface area contributed by atoms with Crippen molar-refractivity contribution in [1.82, 2.24) is 4.90 Å². The quantitative estimate of drug-likeness (QED) is 0.894. The molecular weight excluding hydrogens is 328 g/mol. The molecule has 0 aromatic heterocycles. The fourth-order valence-electron chi connectivity index (χ4n) is 3.05. The summed E-state index contributed by atoms with van der Waals surface area (Å²) < 4.78 is 5.72. The summed E-state index contributed by atoms with van der Waals surface area (Å²) in [6.45, 7) is 5.21. The average molecular weight is 352 g/mol. The van der Waals surface area contributed by atoms with Crippen LogP contribution >= 0.6 is 0 Å². The van der Waals surface area contributed by atoms with E-state index in [1.54, 1.807) is 19.1 Å². The Bertz CT molecular complexity index is 797. The minimum atomic E-state index is -0.674. The number of carbonyl (C=O) groups excluding carboxylic acids is 2. The largest absolute Gasteiger partial charge is 0.481 e. The number of aryl methyl sites for hydroxylation is 1. The zero-order valence-corrected chi connectivity index (χ0v) is 15.2. The predicted molar refractivity (Wildman–Crippen MR) is 101 cm³/mol. The van der Waals surface area contributed by atoms with E-state index in [0.717, 1.165) is 31.5 Å². The Balaban J connectivity index is 1.70. The molecule has 1 atom stereocenters. The van der Waals surface area contributed by atoms with E-state index in [1.807, 2.05) is 48.2 Å². The number of likely N-dealkylation sites (tertiary alicyclic amines) is 1. The van der Waals surface area contributed by atoms with Gasteiger partial charge in [-0.05, 0) is 56.5 Å². The molecule has 1 N–H and O–H groups in total. The van der Waals surface area contributed by atoms with Crippen LogP contribution in [0.2, 0.25) is 0 Å². The van der Waals surface area contributed by atoms with Gasteiger partial charge in [-0.3, -0.25) is 9.59 Å². The van der Waals surface area contributed by atoms with Crippen LogP contribution in [0.4, 0.5) is 5.69 Å². The van der Waals surface area contributed by atoms with Crippen LogP contribution in [0.3, 0.4) is 0 Å². The highest BCUT2D eigenvalue weighted by Gasteiger charge is 2.23. The second-order valence-electron chi connectivity index (χ2n) is 6.61. The summed E-state index contributed by atoms with van der Waals surface area (Å²) in [6, 6.07) is 14.7. The predicted octanol–water partition coefficient (Wildman–Crippen LogP) is 3.64. The topological polar surface area (TPSA) is 58.6 Å². The molecular formula is C21H24N2O3. The van der Waals surface area contributed by atoms with Gasteiger partial charge < -0.3 is 15.0 Å². The highest BCUT2D eigenvalue weighted by atomic mass is 16.5. The van der Waals surface area contributed by atoms with E-state index in [2.05, 4.69) is 5.32 Å². The van der Waals surface area contributed by atoms with Crippen molar-refractivity contribution in [1.29, 1.82) is 0 Å². The SMILES string of the molecule is Cc1cccc(O[C@H](C)C(=O)Nc2ccccc2C(=O)N2CCCC2)c1. The Labute approximate surface area is 154 Å². The lowest BCUT2D eigenvalue weighted by atomic mass is 10.1. The molecule has 2 aromatic rings. The number of hydrogen-bond acceptors (Lipinski definition) is 3. The third-order valence-corrected chi connectivity index (χ3v) is 4.48. The Hall–Kier alpha value is -2.82. The standard InChI is InChI=1S/C21H24N2O3/c1-15-8-7-9-17(14-15)26-16(2)20(24)22-19-11-4-3-10-18(19)21(25)23-12-5-6-13-23/h3-4,7-11,14,16H,5-6,12-13H2,1-2H3,(H,22,24)/t16-/m1/s1. The summed E-state index contributed by atoms with van der Waals surface area (Å²) in [4.78, 5) is 27.1. The summed E-state index contributed by atoms with van der Waals surface area (Å²) in [7, 11) is 0. The number of rotatable bonds is 5. The van der Waals surface area contributed by atoms with Gasteiger partial charge in [-0.15, -0.1) is 0 Å². The number of nitrogens with zero attached hydrogens (tertiary/aromatic N) is 1. The van der Waals surface area contributed by atoms with Crippen molar-refractivity contribution in [3.63, 3.8) is 0 Å². The monoisotopic (exact) mass is 352 g/mol. The first kappa shape index (κ1) is 18.0. The normalized spacial score (nSPS) is 14.8. The van der Waals surface area contributed by atoms with Crippen LogP contribution in [0, 0.1) is 6.92 Å². The molecule has 0 aliphatic carbocycles. The molecule has 5 nitrogen and oxygen atoms in total. The lowest BCUT2D eigenvalue weighted by Crippen LogP contribution is -2.32. The minimum absolute atomic E-state index is 0.0364. The van der Waals surface area contributed by atoms with Crippen LogP contribution in [-0.2, 0) is 4.79 Å². The molecule has 1 saturated heterocycles. The molecule has 2 aromatic carbocycles. The molecule has 1 heterocycles. The minimum Gasteiger partial charge on any atom is -0.481 e. The van der Waals surface area contributed by atoms with E-state index in [-0.39, 0.29) is 11.8 Å². The molecule has 1 aliphatic heterocycles. The summed E-state index contributed by atoms with van der Waals surface area (Å²) in [5.41, 5.74) is 2.11. The van der Waals surface area contributed by atoms with Crippen LogP contribution in [0.1, 0.15) is 35.7 Å². The molecule has 1 fully saturated rings. The number of amides is 2. The highest BCUT2D eigenvalue weighted by Crippen LogP contribution is 2.21. The van der Waals surface area contributed by atoms with Crippen LogP contribution in [0.15, 0.2) is 48.5 Å². The van der Waals surface area contributed by atoms with Gasteiger partial charge in [0, 0.05) is 13.1 Å². The third-order valence-electron chi connectivity index (χ3n) is 4.48. The van der Waals surface area contributed by atoms with E-state index in [9.17, 15) is 9.59 Å². The first-order valence-electron chi connectivity index (χ1n) is 8.97. The van der Waals surface area contributed by atoms with E-state index in [4.69, 9.17) is 4.74 Å². The molecule has 1 aliphatic rings. The van der Waals surface area contributed by atoms with Crippen molar-refractivity contribution in [2.45, 2.75) is 32.8 Å². The average Bonchev–Trinajstić information content (AvgIpc) is 3.16. The molecule has 3 rings (SSSR count). The van der Waals surface area contributed by atoms with Crippen molar-refractivity contribution in [2.75, 3.05) is 18.4 Å². The molecule has 0 saturated carbocycles. The van der Waals surface area contributed by atoms with Crippen molar-refractivity contribution in [3.05, 3.63) is 59.7 Å². The number of carbonyl (C=O) groups is 2. The second-order valence-corrected chi connectivity index (χ2v) is 6.61. The Morgan fingerprint density at radius 1 is 1.08 bits per heavy atom. The summed E-state index contributed by atoms with van der Waals surface area (Å²) >= 11 is 0.